The second-order valence-corrected chi connectivity index (χ2v) is 21.7. The number of aliphatic hydroxyl groups excluding tert-OH is 1. The first-order chi connectivity index (χ1) is 16.1. The number of amides is 1. The van der Waals surface area contributed by atoms with E-state index in [1.807, 2.05) is 48.5 Å². The number of piperidine rings is 1. The summed E-state index contributed by atoms with van der Waals surface area (Å²) < 4.78 is 28.9. The van der Waals surface area contributed by atoms with Crippen molar-refractivity contribution in [3.63, 3.8) is 0 Å². The van der Waals surface area contributed by atoms with E-state index in [1.165, 1.54) is 0 Å². The Kier molecular flexibility index (Phi) is 9.46. The summed E-state index contributed by atoms with van der Waals surface area (Å²) in [5.74, 6) is 0. The Labute approximate surface area is 224 Å². The van der Waals surface area contributed by atoms with Crippen LogP contribution in [0.3, 0.4) is 0 Å². The van der Waals surface area contributed by atoms with Crippen LogP contribution < -0.4 is 4.72 Å². The second-order valence-electron chi connectivity index (χ2n) is 14.9. The zero-order valence-electron chi connectivity index (χ0n) is 25.0. The molecule has 1 heterocycles. The van der Waals surface area contributed by atoms with Gasteiger partial charge in [-0.15, -0.1) is 4.72 Å². The minimum Gasteiger partial charge on any atom is -0.598 e. The van der Waals surface area contributed by atoms with Crippen LogP contribution in [0.25, 0.3) is 0 Å². The highest BCUT2D eigenvalue weighted by molar-refractivity contribution is 7.90. The van der Waals surface area contributed by atoms with Crippen molar-refractivity contribution in [3.8, 4) is 0 Å². The molecule has 2 rings (SSSR count). The Morgan fingerprint density at radius 2 is 1.67 bits per heavy atom. The number of aliphatic hydroxyl groups is 1. The van der Waals surface area contributed by atoms with E-state index in [-0.39, 0.29) is 35.2 Å². The predicted octanol–water partition coefficient (Wildman–Crippen LogP) is 5.61. The fourth-order valence-corrected chi connectivity index (χ4v) is 6.80. The van der Waals surface area contributed by atoms with E-state index in [9.17, 15) is 14.5 Å². The molecule has 0 aromatic carbocycles. The first-order valence-corrected chi connectivity index (χ1v) is 17.6. The minimum absolute atomic E-state index is 0.00641. The van der Waals surface area contributed by atoms with Gasteiger partial charge in [-0.1, -0.05) is 20.8 Å². The molecule has 0 radical (unpaired) electrons. The summed E-state index contributed by atoms with van der Waals surface area (Å²) in [7, 11) is -2.00. The summed E-state index contributed by atoms with van der Waals surface area (Å²) in [5.41, 5.74) is -1.47. The summed E-state index contributed by atoms with van der Waals surface area (Å²) in [6.45, 7) is 25.6. The van der Waals surface area contributed by atoms with E-state index in [4.69, 9.17) is 9.16 Å². The lowest BCUT2D eigenvalue weighted by molar-refractivity contribution is -0.0494. The zero-order chi connectivity index (χ0) is 28.0. The number of ether oxygens (including phenoxy) is 1. The number of hydrogen-bond acceptors (Lipinski definition) is 6. The smallest absolute Gasteiger partial charge is 0.410 e. The Balaban J connectivity index is 2.43. The van der Waals surface area contributed by atoms with Crippen molar-refractivity contribution in [2.45, 2.75) is 135 Å². The molecule has 1 saturated carbocycles. The molecule has 2 aliphatic rings. The summed E-state index contributed by atoms with van der Waals surface area (Å²) in [5, 5.41) is 11.0. The molecule has 36 heavy (non-hydrogen) atoms. The Morgan fingerprint density at radius 3 is 2.08 bits per heavy atom. The highest BCUT2D eigenvalue weighted by atomic mass is 32.2. The van der Waals surface area contributed by atoms with Crippen LogP contribution in [-0.4, -0.2) is 71.2 Å². The van der Waals surface area contributed by atoms with Crippen LogP contribution in [0.2, 0.25) is 18.1 Å². The summed E-state index contributed by atoms with van der Waals surface area (Å²) in [6, 6.07) is -0.246. The summed E-state index contributed by atoms with van der Waals surface area (Å²) >= 11 is -1.33. The van der Waals surface area contributed by atoms with Gasteiger partial charge in [-0.3, -0.25) is 0 Å². The molecule has 2 N–H and O–H groups in total. The predicted molar refractivity (Wildman–Crippen MR) is 151 cm³/mol. The third-order valence-corrected chi connectivity index (χ3v) is 14.5. The normalized spacial score (nSPS) is 26.9. The molecule has 0 spiro atoms. The molecule has 1 amide bonds. The maximum absolute atomic E-state index is 13.5. The van der Waals surface area contributed by atoms with Gasteiger partial charge in [0.15, 0.2) is 8.32 Å². The molecule has 7 nitrogen and oxygen atoms in total. The van der Waals surface area contributed by atoms with E-state index in [0.717, 1.165) is 25.7 Å². The molecule has 0 bridgehead atoms. The first kappa shape index (κ1) is 31.9. The van der Waals surface area contributed by atoms with Crippen molar-refractivity contribution in [3.05, 3.63) is 0 Å². The molecule has 1 unspecified atom stereocenters. The average molecular weight is 547 g/mol. The minimum atomic E-state index is -2.00. The van der Waals surface area contributed by atoms with Gasteiger partial charge in [0.25, 0.3) is 0 Å². The molecular weight excluding hydrogens is 492 g/mol. The fraction of sp³-hybridized carbons (Fsp3) is 0.963. The van der Waals surface area contributed by atoms with E-state index in [0.29, 0.717) is 13.2 Å². The average Bonchev–Trinajstić information content (AvgIpc) is 3.49. The number of nitrogens with one attached hydrogen (secondary N) is 1. The highest BCUT2D eigenvalue weighted by Gasteiger charge is 2.62. The van der Waals surface area contributed by atoms with Gasteiger partial charge in [0.05, 0.1) is 12.6 Å². The number of carbonyl (C=O) groups excluding carboxylic acids is 1. The molecule has 212 valence electrons. The van der Waals surface area contributed by atoms with Crippen molar-refractivity contribution in [2.75, 3.05) is 19.8 Å². The van der Waals surface area contributed by atoms with Gasteiger partial charge >= 0.3 is 6.09 Å². The third kappa shape index (κ3) is 7.41. The van der Waals surface area contributed by atoms with Gasteiger partial charge in [-0.2, -0.15) is 0 Å². The van der Waals surface area contributed by atoms with Gasteiger partial charge in [0.2, 0.25) is 0 Å². The largest absolute Gasteiger partial charge is 0.598 e. The van der Waals surface area contributed by atoms with Crippen molar-refractivity contribution in [2.24, 2.45) is 10.8 Å². The molecule has 1 aliphatic carbocycles. The van der Waals surface area contributed by atoms with Crippen molar-refractivity contribution >= 4 is 25.8 Å². The fourth-order valence-electron chi connectivity index (χ4n) is 4.65. The van der Waals surface area contributed by atoms with Crippen LogP contribution in [0.5, 0.6) is 0 Å². The molecule has 0 aromatic heterocycles. The lowest BCUT2D eigenvalue weighted by atomic mass is 9.68. The number of hydrogen-bond donors (Lipinski definition) is 2. The number of likely N-dealkylation sites (tertiary alicyclic amines) is 1. The van der Waals surface area contributed by atoms with Crippen molar-refractivity contribution in [1.82, 2.24) is 9.62 Å². The van der Waals surface area contributed by atoms with E-state index in [1.54, 1.807) is 4.90 Å². The maximum atomic E-state index is 13.5. The lowest BCUT2D eigenvalue weighted by Gasteiger charge is -2.51. The van der Waals surface area contributed by atoms with Crippen molar-refractivity contribution < 1.29 is 23.6 Å². The Hall–Kier alpha value is -0.323. The van der Waals surface area contributed by atoms with Gasteiger partial charge in [0.1, 0.15) is 10.3 Å². The van der Waals surface area contributed by atoms with Gasteiger partial charge in [0, 0.05) is 41.4 Å². The van der Waals surface area contributed by atoms with Gasteiger partial charge in [-0.25, -0.2) is 4.79 Å². The SMILES string of the molecule is C[C@H]1CC[C@@](CO)([C@H](N[S+]([O-])C(C)(C)C)C2(CO[Si](C)(C)C(C)(C)C)CC2)CN1C(=O)OC(C)(C)C. The number of rotatable bonds is 8. The standard InChI is InChI=1S/C27H54N2O5SSi/c1-20-13-14-27(18-30,17-29(20)22(31)34-23(2,3)4)21(28-35(32)24(5,6)7)26(15-16-26)19-33-36(11,12)25(8,9)10/h20-21,28,30H,13-19H2,1-12H3/t20-,21+,27+,35?/m0/s1. The first-order valence-electron chi connectivity index (χ1n) is 13.5. The topological polar surface area (TPSA) is 94.1 Å². The van der Waals surface area contributed by atoms with E-state index >= 15 is 0 Å². The van der Waals surface area contributed by atoms with Gasteiger partial charge in [-0.05, 0) is 92.3 Å². The van der Waals surface area contributed by atoms with Crippen molar-refractivity contribution in [1.29, 1.82) is 0 Å². The molecule has 2 fully saturated rings. The van der Waals surface area contributed by atoms with E-state index in [2.05, 4.69) is 38.6 Å². The molecular formula is C27H54N2O5SSi. The third-order valence-electron chi connectivity index (χ3n) is 8.44. The van der Waals surface area contributed by atoms with Crippen LogP contribution in [-0.2, 0) is 20.5 Å². The van der Waals surface area contributed by atoms with Crippen LogP contribution >= 0.6 is 0 Å². The Morgan fingerprint density at radius 1 is 1.11 bits per heavy atom. The molecule has 1 aliphatic heterocycles. The maximum Gasteiger partial charge on any atom is 0.410 e. The van der Waals surface area contributed by atoms with Crippen LogP contribution in [0, 0.1) is 10.8 Å². The zero-order valence-corrected chi connectivity index (χ0v) is 26.9. The molecule has 9 heteroatoms. The number of carbonyl (C=O) groups is 1. The van der Waals surface area contributed by atoms with Crippen LogP contribution in [0.15, 0.2) is 0 Å². The highest BCUT2D eigenvalue weighted by Crippen LogP contribution is 2.57. The quantitative estimate of drug-likeness (QED) is 0.304. The lowest BCUT2D eigenvalue weighted by Crippen LogP contribution is -2.65. The molecule has 4 atom stereocenters. The van der Waals surface area contributed by atoms with Crippen LogP contribution in [0.4, 0.5) is 4.79 Å². The van der Waals surface area contributed by atoms with Crippen LogP contribution in [0.1, 0.15) is 94.9 Å². The Bertz CT molecular complexity index is 770. The summed E-state index contributed by atoms with van der Waals surface area (Å²) in [4.78, 5) is 15.0. The monoisotopic (exact) mass is 546 g/mol. The second kappa shape index (κ2) is 10.7. The van der Waals surface area contributed by atoms with E-state index < -0.39 is 35.4 Å². The molecule has 0 aromatic rings. The number of nitrogens with zero attached hydrogens (tertiary/aromatic N) is 1. The van der Waals surface area contributed by atoms with Gasteiger partial charge < -0.3 is 23.7 Å². The summed E-state index contributed by atoms with van der Waals surface area (Å²) in [6.07, 6.45) is 3.03. The molecule has 1 saturated heterocycles.